The standard InChI is InChI=1S/C12H17FO/c1-3-6-10-7-4-5-8-11(10)12(2,13)9-14/h4-5,7-8,14H,3,6,9H2,1-2H3. The van der Waals surface area contributed by atoms with Gasteiger partial charge in [0.25, 0.3) is 0 Å². The van der Waals surface area contributed by atoms with Crippen molar-refractivity contribution in [2.24, 2.45) is 0 Å². The van der Waals surface area contributed by atoms with Crippen LogP contribution in [0.5, 0.6) is 0 Å². The van der Waals surface area contributed by atoms with Gasteiger partial charge in [-0.3, -0.25) is 0 Å². The fourth-order valence-electron chi connectivity index (χ4n) is 1.60. The molecule has 0 aromatic heterocycles. The third kappa shape index (κ3) is 2.32. The van der Waals surface area contributed by atoms with Gasteiger partial charge in [-0.05, 0) is 24.5 Å². The molecule has 1 aromatic carbocycles. The van der Waals surface area contributed by atoms with E-state index in [1.54, 1.807) is 6.07 Å². The lowest BCUT2D eigenvalue weighted by molar-refractivity contribution is 0.0859. The van der Waals surface area contributed by atoms with Crippen LogP contribution in [0.1, 0.15) is 31.4 Å². The molecular formula is C12H17FO. The van der Waals surface area contributed by atoms with E-state index in [9.17, 15) is 4.39 Å². The maximum Gasteiger partial charge on any atom is 0.156 e. The van der Waals surface area contributed by atoms with E-state index in [4.69, 9.17) is 5.11 Å². The van der Waals surface area contributed by atoms with Gasteiger partial charge in [0.05, 0.1) is 6.61 Å². The first-order chi connectivity index (χ1) is 6.61. The van der Waals surface area contributed by atoms with Crippen LogP contribution in [-0.2, 0) is 12.1 Å². The van der Waals surface area contributed by atoms with Crippen LogP contribution in [0, 0.1) is 0 Å². The highest BCUT2D eigenvalue weighted by Gasteiger charge is 2.26. The Bertz CT molecular complexity index is 294. The predicted octanol–water partition coefficient (Wildman–Crippen LogP) is 2.82. The zero-order chi connectivity index (χ0) is 10.6. The summed E-state index contributed by atoms with van der Waals surface area (Å²) in [4.78, 5) is 0. The molecule has 2 heteroatoms. The Morgan fingerprint density at radius 1 is 1.36 bits per heavy atom. The Kier molecular flexibility index (Phi) is 3.64. The molecule has 0 amide bonds. The van der Waals surface area contributed by atoms with Crippen molar-refractivity contribution < 1.29 is 9.50 Å². The monoisotopic (exact) mass is 196 g/mol. The van der Waals surface area contributed by atoms with E-state index in [1.165, 1.54) is 6.92 Å². The molecule has 0 fully saturated rings. The number of aliphatic hydroxyl groups excluding tert-OH is 1. The van der Waals surface area contributed by atoms with E-state index < -0.39 is 12.3 Å². The topological polar surface area (TPSA) is 20.2 Å². The normalized spacial score (nSPS) is 15.1. The molecule has 1 nitrogen and oxygen atoms in total. The zero-order valence-electron chi connectivity index (χ0n) is 8.76. The number of halogens is 1. The number of alkyl halides is 1. The van der Waals surface area contributed by atoms with Gasteiger partial charge in [-0.1, -0.05) is 37.6 Å². The number of hydrogen-bond donors (Lipinski definition) is 1. The molecule has 0 aliphatic carbocycles. The third-order valence-corrected chi connectivity index (χ3v) is 2.40. The minimum atomic E-state index is -1.62. The van der Waals surface area contributed by atoms with Crippen molar-refractivity contribution in [1.29, 1.82) is 0 Å². The molecule has 0 aliphatic rings. The fourth-order valence-corrected chi connectivity index (χ4v) is 1.60. The first-order valence-electron chi connectivity index (χ1n) is 5.00. The van der Waals surface area contributed by atoms with Crippen LogP contribution in [0.4, 0.5) is 4.39 Å². The lowest BCUT2D eigenvalue weighted by Crippen LogP contribution is -2.22. The first-order valence-corrected chi connectivity index (χ1v) is 5.00. The molecule has 0 radical (unpaired) electrons. The van der Waals surface area contributed by atoms with Crippen molar-refractivity contribution in [2.45, 2.75) is 32.4 Å². The van der Waals surface area contributed by atoms with Crippen LogP contribution >= 0.6 is 0 Å². The van der Waals surface area contributed by atoms with Gasteiger partial charge in [-0.2, -0.15) is 0 Å². The van der Waals surface area contributed by atoms with E-state index in [0.29, 0.717) is 5.56 Å². The van der Waals surface area contributed by atoms with Crippen molar-refractivity contribution in [3.8, 4) is 0 Å². The molecular weight excluding hydrogens is 179 g/mol. The summed E-state index contributed by atoms with van der Waals surface area (Å²) in [5, 5.41) is 8.97. The van der Waals surface area contributed by atoms with Crippen LogP contribution in [0.2, 0.25) is 0 Å². The minimum Gasteiger partial charge on any atom is -0.393 e. The molecule has 0 saturated heterocycles. The van der Waals surface area contributed by atoms with Crippen molar-refractivity contribution in [3.63, 3.8) is 0 Å². The Labute approximate surface area is 84.6 Å². The summed E-state index contributed by atoms with van der Waals surface area (Å²) in [5.41, 5.74) is -0.00965. The van der Waals surface area contributed by atoms with Gasteiger partial charge in [0, 0.05) is 0 Å². The predicted molar refractivity (Wildman–Crippen MR) is 56.0 cm³/mol. The highest BCUT2D eigenvalue weighted by Crippen LogP contribution is 2.28. The third-order valence-electron chi connectivity index (χ3n) is 2.40. The Balaban J connectivity index is 3.06. The lowest BCUT2D eigenvalue weighted by atomic mass is 9.92. The largest absolute Gasteiger partial charge is 0.393 e. The average molecular weight is 196 g/mol. The second kappa shape index (κ2) is 4.56. The lowest BCUT2D eigenvalue weighted by Gasteiger charge is -2.21. The summed E-state index contributed by atoms with van der Waals surface area (Å²) in [5.74, 6) is 0. The highest BCUT2D eigenvalue weighted by molar-refractivity contribution is 5.32. The van der Waals surface area contributed by atoms with Gasteiger partial charge in [-0.25, -0.2) is 4.39 Å². The molecule has 1 aromatic rings. The number of rotatable bonds is 4. The highest BCUT2D eigenvalue weighted by atomic mass is 19.1. The number of benzene rings is 1. The summed E-state index contributed by atoms with van der Waals surface area (Å²) < 4.78 is 13.9. The van der Waals surface area contributed by atoms with E-state index in [0.717, 1.165) is 18.4 Å². The Morgan fingerprint density at radius 2 is 2.00 bits per heavy atom. The van der Waals surface area contributed by atoms with Gasteiger partial charge in [0.1, 0.15) is 0 Å². The summed E-state index contributed by atoms with van der Waals surface area (Å²) in [6.45, 7) is 3.01. The SMILES string of the molecule is CCCc1ccccc1C(C)(F)CO. The van der Waals surface area contributed by atoms with Gasteiger partial charge >= 0.3 is 0 Å². The Hall–Kier alpha value is -0.890. The molecule has 0 spiro atoms. The fraction of sp³-hybridized carbons (Fsp3) is 0.500. The van der Waals surface area contributed by atoms with Gasteiger partial charge in [-0.15, -0.1) is 0 Å². The molecule has 0 bridgehead atoms. The summed E-state index contributed by atoms with van der Waals surface area (Å²) in [7, 11) is 0. The molecule has 1 rings (SSSR count). The molecule has 0 saturated carbocycles. The zero-order valence-corrected chi connectivity index (χ0v) is 8.76. The quantitative estimate of drug-likeness (QED) is 0.785. The van der Waals surface area contributed by atoms with Gasteiger partial charge < -0.3 is 5.11 Å². The molecule has 78 valence electrons. The maximum absolute atomic E-state index is 13.9. The van der Waals surface area contributed by atoms with Crippen LogP contribution in [0.15, 0.2) is 24.3 Å². The second-order valence-corrected chi connectivity index (χ2v) is 3.76. The number of aliphatic hydroxyl groups is 1. The maximum atomic E-state index is 13.9. The minimum absolute atomic E-state index is 0.465. The van der Waals surface area contributed by atoms with Crippen molar-refractivity contribution in [1.82, 2.24) is 0 Å². The van der Waals surface area contributed by atoms with E-state index in [-0.39, 0.29) is 0 Å². The van der Waals surface area contributed by atoms with Crippen molar-refractivity contribution in [3.05, 3.63) is 35.4 Å². The van der Waals surface area contributed by atoms with E-state index in [1.807, 2.05) is 18.2 Å². The number of aryl methyl sites for hydroxylation is 1. The smallest absolute Gasteiger partial charge is 0.156 e. The van der Waals surface area contributed by atoms with Gasteiger partial charge in [0.15, 0.2) is 5.67 Å². The molecule has 1 atom stereocenters. The number of hydrogen-bond acceptors (Lipinski definition) is 1. The van der Waals surface area contributed by atoms with Crippen LogP contribution in [-0.4, -0.2) is 11.7 Å². The van der Waals surface area contributed by atoms with Crippen LogP contribution < -0.4 is 0 Å². The Morgan fingerprint density at radius 3 is 2.57 bits per heavy atom. The summed E-state index contributed by atoms with van der Waals surface area (Å²) >= 11 is 0. The summed E-state index contributed by atoms with van der Waals surface area (Å²) in [6, 6.07) is 7.39. The second-order valence-electron chi connectivity index (χ2n) is 3.76. The van der Waals surface area contributed by atoms with E-state index in [2.05, 4.69) is 6.92 Å². The van der Waals surface area contributed by atoms with Crippen molar-refractivity contribution in [2.75, 3.05) is 6.61 Å². The molecule has 1 unspecified atom stereocenters. The van der Waals surface area contributed by atoms with Gasteiger partial charge in [0.2, 0.25) is 0 Å². The first kappa shape index (κ1) is 11.2. The average Bonchev–Trinajstić information content (AvgIpc) is 2.19. The molecule has 1 N–H and O–H groups in total. The van der Waals surface area contributed by atoms with Crippen molar-refractivity contribution >= 4 is 0 Å². The molecule has 0 aliphatic heterocycles. The van der Waals surface area contributed by atoms with Crippen LogP contribution in [0.25, 0.3) is 0 Å². The van der Waals surface area contributed by atoms with Crippen LogP contribution in [0.3, 0.4) is 0 Å². The molecule has 14 heavy (non-hydrogen) atoms. The molecule has 0 heterocycles. The summed E-state index contributed by atoms with van der Waals surface area (Å²) in [6.07, 6.45) is 1.84. The van der Waals surface area contributed by atoms with E-state index >= 15 is 0 Å².